The van der Waals surface area contributed by atoms with Crippen LogP contribution in [0, 0.1) is 47.3 Å². The van der Waals surface area contributed by atoms with Crippen molar-refractivity contribution in [2.24, 2.45) is 47.3 Å². The normalized spacial score (nSPS) is 71.6. The fourth-order valence-corrected chi connectivity index (χ4v) is 7.67. The SMILES string of the molecule is O=C(O)C(F)(F)[C@@]12O[C@@H]3[C@@H]4[C@@H]5[C@@H]6C[C@@H]([C@H]5[C@H]41)[C@H]2[C@@H]63. The van der Waals surface area contributed by atoms with Gasteiger partial charge in [-0.25, -0.2) is 4.79 Å². The van der Waals surface area contributed by atoms with Crippen molar-refractivity contribution in [1.82, 2.24) is 0 Å². The number of carboxylic acids is 1. The van der Waals surface area contributed by atoms with Gasteiger partial charge >= 0.3 is 11.9 Å². The number of carbonyl (C=O) groups is 1. The summed E-state index contributed by atoms with van der Waals surface area (Å²) < 4.78 is 34.4. The van der Waals surface area contributed by atoms with E-state index in [0.717, 1.165) is 6.42 Å². The van der Waals surface area contributed by atoms with E-state index in [1.807, 2.05) is 0 Å². The van der Waals surface area contributed by atoms with Crippen LogP contribution in [0.4, 0.5) is 8.78 Å². The molecule has 2 heterocycles. The molecule has 3 nitrogen and oxygen atoms in total. The van der Waals surface area contributed by atoms with Crippen LogP contribution in [0.5, 0.6) is 0 Å². The summed E-state index contributed by atoms with van der Waals surface area (Å²) in [6.07, 6.45) is 1.03. The number of rotatable bonds is 2. The summed E-state index contributed by atoms with van der Waals surface area (Å²) in [6, 6.07) is 0. The molecule has 5 aliphatic carbocycles. The van der Waals surface area contributed by atoms with Crippen LogP contribution in [-0.4, -0.2) is 28.7 Å². The van der Waals surface area contributed by atoms with E-state index < -0.39 is 17.5 Å². The van der Waals surface area contributed by atoms with Gasteiger partial charge in [-0.05, 0) is 41.9 Å². The molecular formula is C13H12F2O3. The minimum Gasteiger partial charge on any atom is -0.477 e. The molecule has 7 rings (SSSR count). The van der Waals surface area contributed by atoms with Crippen LogP contribution >= 0.6 is 0 Å². The number of hydrogen-bond donors (Lipinski definition) is 1. The molecular weight excluding hydrogens is 242 g/mol. The lowest BCUT2D eigenvalue weighted by atomic mass is 9.56. The van der Waals surface area contributed by atoms with E-state index >= 15 is 0 Å². The quantitative estimate of drug-likeness (QED) is 0.806. The second-order valence-electron chi connectivity index (χ2n) is 7.18. The zero-order chi connectivity index (χ0) is 12.2. The van der Waals surface area contributed by atoms with Gasteiger partial charge in [0.25, 0.3) is 0 Å². The van der Waals surface area contributed by atoms with Gasteiger partial charge in [-0.3, -0.25) is 0 Å². The molecule has 96 valence electrons. The van der Waals surface area contributed by atoms with Gasteiger partial charge in [0, 0.05) is 11.8 Å². The molecule has 0 unspecified atom stereocenters. The smallest absolute Gasteiger partial charge is 0.377 e. The Morgan fingerprint density at radius 3 is 2.67 bits per heavy atom. The highest BCUT2D eigenvalue weighted by Gasteiger charge is 2.97. The maximum absolute atomic E-state index is 14.3. The second-order valence-corrected chi connectivity index (χ2v) is 7.18. The van der Waals surface area contributed by atoms with Crippen molar-refractivity contribution < 1.29 is 23.4 Å². The standard InChI is InChI=1S/C13H12F2O3/c14-13(15,11(16)17)12-8-3-1-2-4-5(3)9(12)7(4)10(18-12)6(2)8/h2-10H,1H2,(H,16,17)/t2-,3-,4+,5+,6+,7+,8-,9+,10-,12-/m0/s1. The largest absolute Gasteiger partial charge is 0.477 e. The zero-order valence-electron chi connectivity index (χ0n) is 9.42. The van der Waals surface area contributed by atoms with Crippen molar-refractivity contribution in [2.45, 2.75) is 24.0 Å². The van der Waals surface area contributed by atoms with Gasteiger partial charge < -0.3 is 9.84 Å². The van der Waals surface area contributed by atoms with Gasteiger partial charge in [-0.15, -0.1) is 0 Å². The Kier molecular flexibility index (Phi) is 1.04. The number of ether oxygens (including phenoxy) is 1. The van der Waals surface area contributed by atoms with E-state index in [1.165, 1.54) is 0 Å². The third-order valence-corrected chi connectivity index (χ3v) is 7.46. The Balaban J connectivity index is 1.65. The minimum absolute atomic E-state index is 0.0380. The lowest BCUT2D eigenvalue weighted by molar-refractivity contribution is -0.222. The molecule has 7 fully saturated rings. The molecule has 10 atom stereocenters. The lowest BCUT2D eigenvalue weighted by Crippen LogP contribution is -2.61. The van der Waals surface area contributed by atoms with Gasteiger partial charge in [0.1, 0.15) is 0 Å². The number of aliphatic carboxylic acids is 1. The molecule has 5 heteroatoms. The van der Waals surface area contributed by atoms with E-state index in [4.69, 9.17) is 9.84 Å². The molecule has 4 bridgehead atoms. The molecule has 0 aromatic rings. The fourth-order valence-electron chi connectivity index (χ4n) is 7.67. The van der Waals surface area contributed by atoms with Crippen molar-refractivity contribution in [3.8, 4) is 0 Å². The second kappa shape index (κ2) is 2.03. The van der Waals surface area contributed by atoms with Gasteiger partial charge in [-0.2, -0.15) is 8.78 Å². The van der Waals surface area contributed by atoms with Crippen LogP contribution in [0.15, 0.2) is 0 Å². The van der Waals surface area contributed by atoms with E-state index in [9.17, 15) is 13.6 Å². The molecule has 0 radical (unpaired) electrons. The summed E-state index contributed by atoms with van der Waals surface area (Å²) in [5, 5.41) is 8.95. The minimum atomic E-state index is -3.71. The topological polar surface area (TPSA) is 46.5 Å². The molecule has 0 aromatic carbocycles. The van der Waals surface area contributed by atoms with E-state index in [-0.39, 0.29) is 29.8 Å². The lowest BCUT2D eigenvalue weighted by Gasteiger charge is -2.46. The molecule has 7 aliphatic rings. The van der Waals surface area contributed by atoms with Crippen LogP contribution in [-0.2, 0) is 9.53 Å². The number of hydrogen-bond acceptors (Lipinski definition) is 2. The summed E-state index contributed by atoms with van der Waals surface area (Å²) in [5.74, 6) is -3.63. The van der Waals surface area contributed by atoms with Crippen molar-refractivity contribution in [1.29, 1.82) is 0 Å². The van der Waals surface area contributed by atoms with Crippen LogP contribution in [0.25, 0.3) is 0 Å². The van der Waals surface area contributed by atoms with Crippen molar-refractivity contribution in [3.63, 3.8) is 0 Å². The Morgan fingerprint density at radius 2 is 1.94 bits per heavy atom. The monoisotopic (exact) mass is 254 g/mol. The summed E-state index contributed by atoms with van der Waals surface area (Å²) in [5.41, 5.74) is -1.63. The summed E-state index contributed by atoms with van der Waals surface area (Å²) >= 11 is 0. The van der Waals surface area contributed by atoms with Gasteiger partial charge in [-0.1, -0.05) is 0 Å². The van der Waals surface area contributed by atoms with E-state index in [0.29, 0.717) is 23.7 Å². The van der Waals surface area contributed by atoms with Crippen LogP contribution in [0.3, 0.4) is 0 Å². The third-order valence-electron chi connectivity index (χ3n) is 7.46. The van der Waals surface area contributed by atoms with Crippen molar-refractivity contribution in [3.05, 3.63) is 0 Å². The molecule has 0 aromatic heterocycles. The Bertz CT molecular complexity index is 524. The summed E-state index contributed by atoms with van der Waals surface area (Å²) in [6.45, 7) is 0. The molecule has 5 saturated carbocycles. The Morgan fingerprint density at radius 1 is 1.17 bits per heavy atom. The highest BCUT2D eigenvalue weighted by Crippen LogP contribution is 2.91. The van der Waals surface area contributed by atoms with Crippen molar-refractivity contribution >= 4 is 5.97 Å². The average molecular weight is 254 g/mol. The molecule has 0 spiro atoms. The summed E-state index contributed by atoms with van der Waals surface area (Å²) in [7, 11) is 0. The predicted octanol–water partition coefficient (Wildman–Crippen LogP) is 1.23. The molecule has 2 aliphatic heterocycles. The molecule has 0 amide bonds. The highest BCUT2D eigenvalue weighted by atomic mass is 19.3. The Hall–Kier alpha value is -0.710. The number of halogens is 2. The Labute approximate surface area is 101 Å². The van der Waals surface area contributed by atoms with E-state index in [2.05, 4.69) is 0 Å². The van der Waals surface area contributed by atoms with Crippen molar-refractivity contribution in [2.75, 3.05) is 0 Å². The molecule has 2 saturated heterocycles. The van der Waals surface area contributed by atoms with E-state index in [1.54, 1.807) is 0 Å². The maximum atomic E-state index is 14.3. The van der Waals surface area contributed by atoms with Gasteiger partial charge in [0.05, 0.1) is 6.10 Å². The zero-order valence-corrected chi connectivity index (χ0v) is 9.42. The first-order valence-electron chi connectivity index (χ1n) is 6.81. The first-order valence-corrected chi connectivity index (χ1v) is 6.81. The number of carboxylic acid groups (broad SMARTS) is 1. The number of alkyl halides is 2. The third kappa shape index (κ3) is 0.497. The maximum Gasteiger partial charge on any atom is 0.377 e. The first kappa shape index (κ1) is 9.23. The molecule has 18 heavy (non-hydrogen) atoms. The van der Waals surface area contributed by atoms with Crippen LogP contribution in [0.2, 0.25) is 0 Å². The highest BCUT2D eigenvalue weighted by molar-refractivity contribution is 5.78. The average Bonchev–Trinajstić information content (AvgIpc) is 2.86. The van der Waals surface area contributed by atoms with Gasteiger partial charge in [0.2, 0.25) is 0 Å². The van der Waals surface area contributed by atoms with Gasteiger partial charge in [0.15, 0.2) is 5.60 Å². The summed E-state index contributed by atoms with van der Waals surface area (Å²) in [4.78, 5) is 11.0. The molecule has 1 N–H and O–H groups in total. The van der Waals surface area contributed by atoms with Crippen LogP contribution < -0.4 is 0 Å². The fraction of sp³-hybridized carbons (Fsp3) is 0.923. The first-order chi connectivity index (χ1) is 8.52. The predicted molar refractivity (Wildman–Crippen MR) is 52.7 cm³/mol. The van der Waals surface area contributed by atoms with Crippen LogP contribution in [0.1, 0.15) is 6.42 Å².